The summed E-state index contributed by atoms with van der Waals surface area (Å²) in [6.07, 6.45) is 0.923. The third-order valence-electron chi connectivity index (χ3n) is 4.41. The van der Waals surface area contributed by atoms with Gasteiger partial charge in [0.15, 0.2) is 0 Å². The molecule has 0 spiro atoms. The molecule has 2 rings (SSSR count). The molecule has 0 atom stereocenters. The maximum absolute atomic E-state index is 12.6. The Morgan fingerprint density at radius 1 is 1.29 bits per heavy atom. The second-order valence-corrected chi connectivity index (χ2v) is 7.72. The summed E-state index contributed by atoms with van der Waals surface area (Å²) < 4.78 is 5.11. The number of methoxy groups -OCH3 is 1. The highest BCUT2D eigenvalue weighted by molar-refractivity contribution is 6.30. The number of carbonyl (C=O) groups excluding carboxylic acids is 1. The van der Waals surface area contributed by atoms with Crippen molar-refractivity contribution in [3.05, 3.63) is 62.3 Å². The molecule has 152 valence electrons. The van der Waals surface area contributed by atoms with E-state index >= 15 is 0 Å². The van der Waals surface area contributed by atoms with Crippen LogP contribution in [0.1, 0.15) is 42.9 Å². The van der Waals surface area contributed by atoms with Crippen LogP contribution in [0.4, 0.5) is 0 Å². The van der Waals surface area contributed by atoms with Gasteiger partial charge in [-0.25, -0.2) is 4.98 Å². The van der Waals surface area contributed by atoms with Crippen molar-refractivity contribution >= 4 is 17.5 Å². The van der Waals surface area contributed by atoms with Gasteiger partial charge in [-0.05, 0) is 30.5 Å². The molecule has 0 aliphatic carbocycles. The van der Waals surface area contributed by atoms with Gasteiger partial charge in [-0.15, -0.1) is 0 Å². The molecule has 1 aromatic heterocycles. The Balaban J connectivity index is 2.19. The quantitative estimate of drug-likeness (QED) is 0.694. The zero-order valence-corrected chi connectivity index (χ0v) is 17.7. The molecule has 0 aliphatic heterocycles. The molecule has 2 aromatic rings. The molecule has 1 heterocycles. The lowest BCUT2D eigenvalue weighted by molar-refractivity contribution is -0.133. The Morgan fingerprint density at radius 3 is 2.54 bits per heavy atom. The molecular weight excluding hydrogens is 378 g/mol. The minimum absolute atomic E-state index is 0.0255. The summed E-state index contributed by atoms with van der Waals surface area (Å²) in [6, 6.07) is 7.39. The van der Waals surface area contributed by atoms with Gasteiger partial charge in [-0.3, -0.25) is 9.59 Å². The van der Waals surface area contributed by atoms with Gasteiger partial charge in [0, 0.05) is 42.8 Å². The van der Waals surface area contributed by atoms with Crippen molar-refractivity contribution in [3.8, 4) is 0 Å². The molecule has 0 fully saturated rings. The van der Waals surface area contributed by atoms with Gasteiger partial charge in [0.05, 0.1) is 13.2 Å². The van der Waals surface area contributed by atoms with Crippen LogP contribution < -0.4 is 5.56 Å². The van der Waals surface area contributed by atoms with Gasteiger partial charge in [0.25, 0.3) is 5.56 Å². The lowest BCUT2D eigenvalue weighted by atomic mass is 10.1. The normalized spacial score (nSPS) is 11.1. The van der Waals surface area contributed by atoms with Crippen molar-refractivity contribution in [2.75, 3.05) is 20.3 Å². The Morgan fingerprint density at radius 2 is 1.96 bits per heavy atom. The van der Waals surface area contributed by atoms with Crippen LogP contribution in [0.2, 0.25) is 5.02 Å². The van der Waals surface area contributed by atoms with Gasteiger partial charge in [0.1, 0.15) is 5.82 Å². The van der Waals surface area contributed by atoms with Crippen LogP contribution in [0, 0.1) is 12.8 Å². The topological polar surface area (TPSA) is 75.3 Å². The predicted molar refractivity (Wildman–Crippen MR) is 111 cm³/mol. The fourth-order valence-electron chi connectivity index (χ4n) is 2.91. The molecule has 0 unspecified atom stereocenters. The van der Waals surface area contributed by atoms with Gasteiger partial charge < -0.3 is 14.6 Å². The first kappa shape index (κ1) is 22.1. The summed E-state index contributed by atoms with van der Waals surface area (Å²) in [7, 11) is 1.60. The van der Waals surface area contributed by atoms with E-state index in [0.29, 0.717) is 48.1 Å². The first-order valence-corrected chi connectivity index (χ1v) is 9.77. The number of ether oxygens (including phenoxy) is 1. The van der Waals surface area contributed by atoms with Gasteiger partial charge in [-0.2, -0.15) is 0 Å². The van der Waals surface area contributed by atoms with Crippen LogP contribution in [0.15, 0.2) is 29.1 Å². The van der Waals surface area contributed by atoms with E-state index in [0.717, 1.165) is 5.56 Å². The third kappa shape index (κ3) is 6.46. The largest absolute Gasteiger partial charge is 0.383 e. The smallest absolute Gasteiger partial charge is 0.254 e. The predicted octanol–water partition coefficient (Wildman–Crippen LogP) is 3.34. The molecule has 0 saturated heterocycles. The minimum Gasteiger partial charge on any atom is -0.383 e. The number of hydrogen-bond acceptors (Lipinski definition) is 4. The number of aromatic nitrogens is 2. The average Bonchev–Trinajstić information content (AvgIpc) is 2.62. The molecular formula is C21H28ClN3O3. The second-order valence-electron chi connectivity index (χ2n) is 7.29. The van der Waals surface area contributed by atoms with E-state index in [9.17, 15) is 9.59 Å². The summed E-state index contributed by atoms with van der Waals surface area (Å²) in [6.45, 7) is 6.97. The summed E-state index contributed by atoms with van der Waals surface area (Å²) >= 11 is 5.92. The number of H-pyrrole nitrogens is 1. The van der Waals surface area contributed by atoms with Crippen LogP contribution in [-0.2, 0) is 22.5 Å². The molecule has 0 bridgehead atoms. The Hall–Kier alpha value is -2.18. The number of nitrogens with one attached hydrogen (secondary N) is 1. The lowest BCUT2D eigenvalue weighted by Gasteiger charge is -2.23. The minimum atomic E-state index is -0.180. The van der Waals surface area contributed by atoms with Crippen LogP contribution in [0.5, 0.6) is 0 Å². The highest BCUT2D eigenvalue weighted by atomic mass is 35.5. The maximum atomic E-state index is 12.6. The van der Waals surface area contributed by atoms with E-state index in [-0.39, 0.29) is 23.9 Å². The molecule has 0 radical (unpaired) electrons. The molecule has 1 N–H and O–H groups in total. The summed E-state index contributed by atoms with van der Waals surface area (Å²) in [5.41, 5.74) is 2.08. The molecule has 1 aromatic carbocycles. The lowest BCUT2D eigenvalue weighted by Crippen LogP contribution is -2.35. The fourth-order valence-corrected chi connectivity index (χ4v) is 3.04. The second kappa shape index (κ2) is 10.4. The summed E-state index contributed by atoms with van der Waals surface area (Å²) in [4.78, 5) is 34.2. The molecule has 28 heavy (non-hydrogen) atoms. The number of aryl methyl sites for hydroxylation is 1. The molecule has 1 amide bonds. The van der Waals surface area contributed by atoms with E-state index in [1.165, 1.54) is 0 Å². The van der Waals surface area contributed by atoms with Crippen LogP contribution in [-0.4, -0.2) is 41.0 Å². The maximum Gasteiger partial charge on any atom is 0.254 e. The Bertz CT molecular complexity index is 847. The van der Waals surface area contributed by atoms with Crippen molar-refractivity contribution in [1.82, 2.24) is 14.9 Å². The standard InChI is InChI=1S/C21H28ClN3O3/c1-14(2)11-20(26)25(9-10-28-4)13-19-23-15(3)18(21(27)24-19)12-16-5-7-17(22)8-6-16/h5-8,14H,9-13H2,1-4H3,(H,23,24,27). The number of benzene rings is 1. The van der Waals surface area contributed by atoms with E-state index in [4.69, 9.17) is 16.3 Å². The number of hydrogen-bond donors (Lipinski definition) is 1. The Kier molecular flexibility index (Phi) is 8.20. The molecule has 0 aliphatic rings. The highest BCUT2D eigenvalue weighted by Crippen LogP contribution is 2.14. The van der Waals surface area contributed by atoms with Crippen LogP contribution >= 0.6 is 11.6 Å². The number of rotatable bonds is 9. The van der Waals surface area contributed by atoms with E-state index in [1.807, 2.05) is 32.9 Å². The van der Waals surface area contributed by atoms with Crippen molar-refractivity contribution in [3.63, 3.8) is 0 Å². The van der Waals surface area contributed by atoms with Crippen LogP contribution in [0.25, 0.3) is 0 Å². The number of carbonyl (C=O) groups is 1. The fraction of sp³-hybridized carbons (Fsp3) is 0.476. The number of halogens is 1. The van der Waals surface area contributed by atoms with Gasteiger partial charge in [0.2, 0.25) is 5.91 Å². The van der Waals surface area contributed by atoms with Crippen molar-refractivity contribution in [2.45, 2.75) is 40.2 Å². The number of aromatic amines is 1. The van der Waals surface area contributed by atoms with E-state index in [1.54, 1.807) is 24.1 Å². The van der Waals surface area contributed by atoms with Gasteiger partial charge in [-0.1, -0.05) is 37.6 Å². The monoisotopic (exact) mass is 405 g/mol. The van der Waals surface area contributed by atoms with Crippen molar-refractivity contribution < 1.29 is 9.53 Å². The zero-order valence-electron chi connectivity index (χ0n) is 16.9. The van der Waals surface area contributed by atoms with Crippen molar-refractivity contribution in [2.24, 2.45) is 5.92 Å². The number of amides is 1. The first-order valence-electron chi connectivity index (χ1n) is 9.40. The average molecular weight is 406 g/mol. The number of nitrogens with zero attached hydrogens (tertiary/aromatic N) is 2. The van der Waals surface area contributed by atoms with E-state index < -0.39 is 0 Å². The Labute approximate surface area is 170 Å². The first-order chi connectivity index (χ1) is 13.3. The van der Waals surface area contributed by atoms with Crippen LogP contribution in [0.3, 0.4) is 0 Å². The zero-order chi connectivity index (χ0) is 20.7. The van der Waals surface area contributed by atoms with Crippen molar-refractivity contribution in [1.29, 1.82) is 0 Å². The van der Waals surface area contributed by atoms with E-state index in [2.05, 4.69) is 9.97 Å². The third-order valence-corrected chi connectivity index (χ3v) is 4.66. The summed E-state index contributed by atoms with van der Waals surface area (Å²) in [5, 5.41) is 0.657. The molecule has 6 nitrogen and oxygen atoms in total. The summed E-state index contributed by atoms with van der Waals surface area (Å²) in [5.74, 6) is 0.765. The SMILES string of the molecule is COCCN(Cc1nc(C)c(Cc2ccc(Cl)cc2)c(=O)[nH]1)C(=O)CC(C)C. The van der Waals surface area contributed by atoms with Gasteiger partial charge >= 0.3 is 0 Å². The molecule has 7 heteroatoms. The highest BCUT2D eigenvalue weighted by Gasteiger charge is 2.17. The molecule has 0 saturated carbocycles.